The maximum absolute atomic E-state index is 12.6. The summed E-state index contributed by atoms with van der Waals surface area (Å²) in [5.74, 6) is 0. The van der Waals surface area contributed by atoms with Crippen LogP contribution in [0.5, 0.6) is 0 Å². The van der Waals surface area contributed by atoms with Gasteiger partial charge in [0, 0.05) is 38.4 Å². The summed E-state index contributed by atoms with van der Waals surface area (Å²) in [7, 11) is 0. The molecule has 1 aliphatic heterocycles. The molecule has 2 nitrogen and oxygen atoms in total. The Labute approximate surface area is 140 Å². The van der Waals surface area contributed by atoms with Crippen molar-refractivity contribution in [3.63, 3.8) is 0 Å². The largest absolute Gasteiger partial charge is 0.416 e. The average molecular weight is 333 g/mol. The van der Waals surface area contributed by atoms with Crippen LogP contribution in [0.3, 0.4) is 0 Å². The van der Waals surface area contributed by atoms with Gasteiger partial charge in [-0.3, -0.25) is 4.90 Å². The van der Waals surface area contributed by atoms with Crippen LogP contribution in [0.15, 0.2) is 48.5 Å². The van der Waals surface area contributed by atoms with Crippen LogP contribution in [0.4, 0.5) is 18.9 Å². The Morgan fingerprint density at radius 1 is 0.833 bits per heavy atom. The van der Waals surface area contributed by atoms with E-state index in [4.69, 9.17) is 0 Å². The number of hydrogen-bond acceptors (Lipinski definition) is 2. The van der Waals surface area contributed by atoms with Crippen molar-refractivity contribution in [1.82, 2.24) is 4.90 Å². The Hall–Kier alpha value is -2.01. The molecule has 1 saturated heterocycles. The quantitative estimate of drug-likeness (QED) is 0.830. The third kappa shape index (κ3) is 4.09. The third-order valence-electron chi connectivity index (χ3n) is 4.36. The van der Waals surface area contributed by atoms with E-state index in [-0.39, 0.29) is 0 Å². The normalized spacial score (nSPS) is 16.4. The van der Waals surface area contributed by atoms with Crippen LogP contribution >= 0.6 is 0 Å². The standard InChI is InChI=1S/C19H20F3N2/c1-15-2-8-18(9-3-15)24-12-10-23(11-13-24)14-16-4-6-17(7-5-16)19(20,21)22/h2-9H,1,10-14H2. The van der Waals surface area contributed by atoms with E-state index >= 15 is 0 Å². The molecule has 1 radical (unpaired) electrons. The molecule has 0 spiro atoms. The molecule has 1 aliphatic rings. The number of hydrogen-bond donors (Lipinski definition) is 0. The Kier molecular flexibility index (Phi) is 4.81. The van der Waals surface area contributed by atoms with Crippen molar-refractivity contribution in [3.05, 3.63) is 72.1 Å². The Morgan fingerprint density at radius 3 is 1.96 bits per heavy atom. The topological polar surface area (TPSA) is 6.48 Å². The Morgan fingerprint density at radius 2 is 1.42 bits per heavy atom. The lowest BCUT2D eigenvalue weighted by Gasteiger charge is -2.36. The molecule has 5 heteroatoms. The molecule has 1 fully saturated rings. The van der Waals surface area contributed by atoms with E-state index in [0.717, 1.165) is 49.4 Å². The minimum Gasteiger partial charge on any atom is -0.369 e. The summed E-state index contributed by atoms with van der Waals surface area (Å²) < 4.78 is 37.8. The fourth-order valence-electron chi connectivity index (χ4n) is 2.93. The fourth-order valence-corrected chi connectivity index (χ4v) is 2.93. The molecule has 127 valence electrons. The van der Waals surface area contributed by atoms with E-state index in [1.165, 1.54) is 5.69 Å². The summed E-state index contributed by atoms with van der Waals surface area (Å²) in [6, 6.07) is 13.6. The molecular formula is C19H20F3N2. The molecule has 0 amide bonds. The van der Waals surface area contributed by atoms with Crippen LogP contribution in [0.25, 0.3) is 0 Å². The zero-order valence-corrected chi connectivity index (χ0v) is 13.4. The maximum Gasteiger partial charge on any atom is 0.416 e. The van der Waals surface area contributed by atoms with Crippen molar-refractivity contribution < 1.29 is 13.2 Å². The molecule has 0 N–H and O–H groups in total. The first-order valence-corrected chi connectivity index (χ1v) is 7.97. The summed E-state index contributed by atoms with van der Waals surface area (Å²) in [5.41, 5.74) is 2.51. The number of anilines is 1. The van der Waals surface area contributed by atoms with E-state index in [2.05, 4.69) is 28.9 Å². The lowest BCUT2D eigenvalue weighted by atomic mass is 10.1. The van der Waals surface area contributed by atoms with Crippen LogP contribution < -0.4 is 4.90 Å². The minimum atomic E-state index is -4.27. The van der Waals surface area contributed by atoms with E-state index < -0.39 is 11.7 Å². The van der Waals surface area contributed by atoms with Crippen molar-refractivity contribution in [2.75, 3.05) is 31.1 Å². The highest BCUT2D eigenvalue weighted by molar-refractivity contribution is 5.48. The van der Waals surface area contributed by atoms with E-state index in [0.29, 0.717) is 6.54 Å². The average Bonchev–Trinajstić information content (AvgIpc) is 2.56. The Balaban J connectivity index is 1.54. The number of piperazine rings is 1. The molecule has 24 heavy (non-hydrogen) atoms. The summed E-state index contributed by atoms with van der Waals surface area (Å²) in [5, 5.41) is 0. The fraction of sp³-hybridized carbons (Fsp3) is 0.316. The molecule has 1 heterocycles. The molecular weight excluding hydrogens is 313 g/mol. The van der Waals surface area contributed by atoms with Gasteiger partial charge in [-0.15, -0.1) is 0 Å². The molecule has 0 aliphatic carbocycles. The van der Waals surface area contributed by atoms with Crippen LogP contribution in [-0.2, 0) is 12.7 Å². The van der Waals surface area contributed by atoms with Crippen LogP contribution in [0, 0.1) is 6.92 Å². The SMILES string of the molecule is [CH2]c1ccc(N2CCN(Cc3ccc(C(F)(F)F)cc3)CC2)cc1. The van der Waals surface area contributed by atoms with Gasteiger partial charge >= 0.3 is 6.18 Å². The van der Waals surface area contributed by atoms with Gasteiger partial charge in [0.2, 0.25) is 0 Å². The maximum atomic E-state index is 12.6. The van der Waals surface area contributed by atoms with E-state index in [9.17, 15) is 13.2 Å². The van der Waals surface area contributed by atoms with Gasteiger partial charge in [-0.25, -0.2) is 0 Å². The summed E-state index contributed by atoms with van der Waals surface area (Å²) in [6.07, 6.45) is -4.27. The van der Waals surface area contributed by atoms with Gasteiger partial charge in [-0.2, -0.15) is 13.2 Å². The van der Waals surface area contributed by atoms with Gasteiger partial charge in [0.25, 0.3) is 0 Å². The lowest BCUT2D eigenvalue weighted by molar-refractivity contribution is -0.137. The van der Waals surface area contributed by atoms with Crippen molar-refractivity contribution in [2.24, 2.45) is 0 Å². The molecule has 0 atom stereocenters. The van der Waals surface area contributed by atoms with Gasteiger partial charge in [-0.05, 0) is 42.3 Å². The monoisotopic (exact) mass is 333 g/mol. The van der Waals surface area contributed by atoms with Gasteiger partial charge in [0.15, 0.2) is 0 Å². The van der Waals surface area contributed by atoms with Crippen LogP contribution in [0.1, 0.15) is 16.7 Å². The highest BCUT2D eigenvalue weighted by Gasteiger charge is 2.30. The van der Waals surface area contributed by atoms with Crippen molar-refractivity contribution in [1.29, 1.82) is 0 Å². The molecule has 0 bridgehead atoms. The Bertz CT molecular complexity index is 655. The second-order valence-electron chi connectivity index (χ2n) is 6.12. The zero-order valence-electron chi connectivity index (χ0n) is 13.4. The number of halogens is 3. The van der Waals surface area contributed by atoms with Crippen molar-refractivity contribution in [2.45, 2.75) is 12.7 Å². The predicted molar refractivity (Wildman–Crippen MR) is 89.8 cm³/mol. The van der Waals surface area contributed by atoms with E-state index in [1.807, 2.05) is 12.1 Å². The second kappa shape index (κ2) is 6.85. The number of rotatable bonds is 3. The van der Waals surface area contributed by atoms with Crippen molar-refractivity contribution in [3.8, 4) is 0 Å². The zero-order chi connectivity index (χ0) is 17.2. The second-order valence-corrected chi connectivity index (χ2v) is 6.12. The van der Waals surface area contributed by atoms with Gasteiger partial charge in [0.1, 0.15) is 0 Å². The molecule has 2 aromatic rings. The summed E-state index contributed by atoms with van der Waals surface area (Å²) >= 11 is 0. The molecule has 0 aromatic heterocycles. The number of nitrogens with zero attached hydrogens (tertiary/aromatic N) is 2. The minimum absolute atomic E-state index is 0.593. The highest BCUT2D eigenvalue weighted by Crippen LogP contribution is 2.29. The summed E-state index contributed by atoms with van der Waals surface area (Å²) in [4.78, 5) is 4.59. The first-order valence-electron chi connectivity index (χ1n) is 7.97. The van der Waals surface area contributed by atoms with Gasteiger partial charge in [0.05, 0.1) is 5.56 Å². The van der Waals surface area contributed by atoms with Gasteiger partial charge in [-0.1, -0.05) is 24.3 Å². The van der Waals surface area contributed by atoms with Crippen LogP contribution in [0.2, 0.25) is 0 Å². The first kappa shape index (κ1) is 16.8. The van der Waals surface area contributed by atoms with Crippen molar-refractivity contribution >= 4 is 5.69 Å². The first-order chi connectivity index (χ1) is 11.4. The van der Waals surface area contributed by atoms with Crippen LogP contribution in [-0.4, -0.2) is 31.1 Å². The van der Waals surface area contributed by atoms with E-state index in [1.54, 1.807) is 12.1 Å². The number of alkyl halides is 3. The smallest absolute Gasteiger partial charge is 0.369 e. The molecule has 2 aromatic carbocycles. The summed E-state index contributed by atoms with van der Waals surface area (Å²) in [6.45, 7) is 8.19. The van der Waals surface area contributed by atoms with Gasteiger partial charge < -0.3 is 4.90 Å². The molecule has 0 unspecified atom stereocenters. The molecule has 3 rings (SSSR count). The number of benzene rings is 2. The lowest BCUT2D eigenvalue weighted by Crippen LogP contribution is -2.45. The predicted octanol–water partition coefficient (Wildman–Crippen LogP) is 4.21. The molecule has 0 saturated carbocycles. The third-order valence-corrected chi connectivity index (χ3v) is 4.36. The highest BCUT2D eigenvalue weighted by atomic mass is 19.4.